The van der Waals surface area contributed by atoms with Gasteiger partial charge in [0, 0.05) is 32.2 Å². The van der Waals surface area contributed by atoms with E-state index in [-0.39, 0.29) is 29.9 Å². The highest BCUT2D eigenvalue weighted by Gasteiger charge is 2.15. The Balaban J connectivity index is 0.00000242. The highest BCUT2D eigenvalue weighted by Crippen LogP contribution is 2.10. The summed E-state index contributed by atoms with van der Waals surface area (Å²) in [5.41, 5.74) is 1.72. The van der Waals surface area contributed by atoms with Crippen molar-refractivity contribution in [2.45, 2.75) is 26.3 Å². The Morgan fingerprint density at radius 1 is 1.32 bits per heavy atom. The molecule has 22 heavy (non-hydrogen) atoms. The van der Waals surface area contributed by atoms with Gasteiger partial charge >= 0.3 is 0 Å². The van der Waals surface area contributed by atoms with E-state index < -0.39 is 0 Å². The third-order valence-corrected chi connectivity index (χ3v) is 3.57. The minimum atomic E-state index is -0.0627. The van der Waals surface area contributed by atoms with E-state index in [1.807, 2.05) is 24.3 Å². The summed E-state index contributed by atoms with van der Waals surface area (Å²) in [5.74, 6) is 0.910. The highest BCUT2D eigenvalue weighted by molar-refractivity contribution is 14.0. The standard InChI is InChI=1S/C16H24N4O.HI/c1-3-18-16(20-9-4-5-10-20)19-12-13-7-6-8-14(11-13)15(21)17-2;/h6-8,11H,3-5,9-10,12H2,1-2H3,(H,17,21)(H,18,19);1H. The molecular weight excluding hydrogens is 391 g/mol. The van der Waals surface area contributed by atoms with Crippen molar-refractivity contribution in [1.82, 2.24) is 15.5 Å². The summed E-state index contributed by atoms with van der Waals surface area (Å²) in [6.07, 6.45) is 2.47. The first-order valence-electron chi connectivity index (χ1n) is 7.59. The number of nitrogens with zero attached hydrogens (tertiary/aromatic N) is 2. The summed E-state index contributed by atoms with van der Waals surface area (Å²) in [6.45, 7) is 5.68. The molecule has 1 aromatic rings. The molecule has 1 saturated heterocycles. The normalized spacial score (nSPS) is 14.5. The van der Waals surface area contributed by atoms with Gasteiger partial charge in [0.25, 0.3) is 5.91 Å². The fraction of sp³-hybridized carbons (Fsp3) is 0.500. The van der Waals surface area contributed by atoms with Crippen molar-refractivity contribution < 1.29 is 4.79 Å². The molecule has 122 valence electrons. The van der Waals surface area contributed by atoms with Crippen LogP contribution in [0.4, 0.5) is 0 Å². The monoisotopic (exact) mass is 416 g/mol. The zero-order valence-corrected chi connectivity index (χ0v) is 15.6. The molecule has 2 N–H and O–H groups in total. The smallest absolute Gasteiger partial charge is 0.251 e. The molecule has 0 spiro atoms. The number of aliphatic imine (C=N–C) groups is 1. The number of halogens is 1. The third-order valence-electron chi connectivity index (χ3n) is 3.57. The Hall–Kier alpha value is -1.31. The Labute approximate surface area is 149 Å². The first kappa shape index (κ1) is 18.7. The predicted octanol–water partition coefficient (Wildman–Crippen LogP) is 2.23. The van der Waals surface area contributed by atoms with Gasteiger partial charge in [-0.1, -0.05) is 12.1 Å². The number of amides is 1. The number of hydrogen-bond donors (Lipinski definition) is 2. The van der Waals surface area contributed by atoms with Gasteiger partial charge in [0.1, 0.15) is 0 Å². The van der Waals surface area contributed by atoms with Crippen molar-refractivity contribution in [3.05, 3.63) is 35.4 Å². The molecule has 0 aliphatic carbocycles. The SMILES string of the molecule is CCNC(=NCc1cccc(C(=O)NC)c1)N1CCCC1.I. The van der Waals surface area contributed by atoms with Crippen LogP contribution < -0.4 is 10.6 Å². The summed E-state index contributed by atoms with van der Waals surface area (Å²) < 4.78 is 0. The average molecular weight is 416 g/mol. The van der Waals surface area contributed by atoms with E-state index in [0.29, 0.717) is 12.1 Å². The van der Waals surface area contributed by atoms with Crippen LogP contribution in [0, 0.1) is 0 Å². The molecule has 2 rings (SSSR count). The van der Waals surface area contributed by atoms with Crippen LogP contribution in [-0.2, 0) is 6.54 Å². The molecule has 0 saturated carbocycles. The molecule has 0 bridgehead atoms. The summed E-state index contributed by atoms with van der Waals surface area (Å²) in [6, 6.07) is 7.62. The number of guanidine groups is 1. The Bertz CT molecular complexity index is 513. The topological polar surface area (TPSA) is 56.7 Å². The molecule has 0 aromatic heterocycles. The van der Waals surface area contributed by atoms with Crippen LogP contribution in [0.3, 0.4) is 0 Å². The van der Waals surface area contributed by atoms with E-state index in [0.717, 1.165) is 31.2 Å². The summed E-state index contributed by atoms with van der Waals surface area (Å²) in [7, 11) is 1.64. The van der Waals surface area contributed by atoms with E-state index in [1.54, 1.807) is 7.05 Å². The first-order valence-corrected chi connectivity index (χ1v) is 7.59. The second kappa shape index (κ2) is 9.66. The van der Waals surface area contributed by atoms with Crippen LogP contribution in [0.25, 0.3) is 0 Å². The molecular formula is C16H25IN4O. The second-order valence-corrected chi connectivity index (χ2v) is 5.14. The van der Waals surface area contributed by atoms with E-state index in [2.05, 4.69) is 22.5 Å². The zero-order valence-electron chi connectivity index (χ0n) is 13.3. The molecule has 6 heteroatoms. The van der Waals surface area contributed by atoms with Crippen LogP contribution in [0.5, 0.6) is 0 Å². The number of benzene rings is 1. The third kappa shape index (κ3) is 5.15. The fourth-order valence-electron chi connectivity index (χ4n) is 2.48. The number of likely N-dealkylation sites (tertiary alicyclic amines) is 1. The lowest BCUT2D eigenvalue weighted by Gasteiger charge is -2.20. The van der Waals surface area contributed by atoms with Gasteiger partial charge in [-0.05, 0) is 37.5 Å². The van der Waals surface area contributed by atoms with E-state index in [4.69, 9.17) is 4.99 Å². The maximum absolute atomic E-state index is 11.6. The lowest BCUT2D eigenvalue weighted by molar-refractivity contribution is 0.0963. The lowest BCUT2D eigenvalue weighted by Crippen LogP contribution is -2.39. The predicted molar refractivity (Wildman–Crippen MR) is 101 cm³/mol. The summed E-state index contributed by atoms with van der Waals surface area (Å²) >= 11 is 0. The maximum Gasteiger partial charge on any atom is 0.251 e. The zero-order chi connectivity index (χ0) is 15.1. The Morgan fingerprint density at radius 3 is 2.68 bits per heavy atom. The minimum Gasteiger partial charge on any atom is -0.357 e. The molecule has 1 aliphatic heterocycles. The van der Waals surface area contributed by atoms with E-state index in [9.17, 15) is 4.79 Å². The van der Waals surface area contributed by atoms with Crippen LogP contribution in [0.15, 0.2) is 29.3 Å². The van der Waals surface area contributed by atoms with Crippen molar-refractivity contribution in [3.8, 4) is 0 Å². The fourth-order valence-corrected chi connectivity index (χ4v) is 2.48. The van der Waals surface area contributed by atoms with Gasteiger partial charge in [-0.15, -0.1) is 24.0 Å². The van der Waals surface area contributed by atoms with Gasteiger partial charge < -0.3 is 15.5 Å². The van der Waals surface area contributed by atoms with Gasteiger partial charge in [0.2, 0.25) is 0 Å². The molecule has 1 aliphatic rings. The average Bonchev–Trinajstić information content (AvgIpc) is 3.05. The van der Waals surface area contributed by atoms with Crippen LogP contribution in [0.2, 0.25) is 0 Å². The Morgan fingerprint density at radius 2 is 2.05 bits per heavy atom. The second-order valence-electron chi connectivity index (χ2n) is 5.14. The maximum atomic E-state index is 11.6. The summed E-state index contributed by atoms with van der Waals surface area (Å²) in [4.78, 5) is 18.6. The van der Waals surface area contributed by atoms with Gasteiger partial charge in [-0.25, -0.2) is 4.99 Å². The van der Waals surface area contributed by atoms with E-state index in [1.165, 1.54) is 12.8 Å². The van der Waals surface area contributed by atoms with Gasteiger partial charge in [0.15, 0.2) is 5.96 Å². The van der Waals surface area contributed by atoms with E-state index >= 15 is 0 Å². The molecule has 5 nitrogen and oxygen atoms in total. The quantitative estimate of drug-likeness (QED) is 0.450. The van der Waals surface area contributed by atoms with Gasteiger partial charge in [-0.3, -0.25) is 4.79 Å². The molecule has 0 atom stereocenters. The van der Waals surface area contributed by atoms with Gasteiger partial charge in [0.05, 0.1) is 6.54 Å². The largest absolute Gasteiger partial charge is 0.357 e. The van der Waals surface area contributed by atoms with Crippen LogP contribution >= 0.6 is 24.0 Å². The molecule has 1 fully saturated rings. The van der Waals surface area contributed by atoms with Gasteiger partial charge in [-0.2, -0.15) is 0 Å². The lowest BCUT2D eigenvalue weighted by atomic mass is 10.1. The van der Waals surface area contributed by atoms with Crippen molar-refractivity contribution in [2.24, 2.45) is 4.99 Å². The molecule has 0 unspecified atom stereocenters. The van der Waals surface area contributed by atoms with Crippen molar-refractivity contribution in [1.29, 1.82) is 0 Å². The van der Waals surface area contributed by atoms with Crippen LogP contribution in [-0.4, -0.2) is 43.4 Å². The van der Waals surface area contributed by atoms with Crippen molar-refractivity contribution >= 4 is 35.8 Å². The van der Waals surface area contributed by atoms with Crippen molar-refractivity contribution in [3.63, 3.8) is 0 Å². The Kier molecular flexibility index (Phi) is 8.22. The molecule has 1 heterocycles. The highest BCUT2D eigenvalue weighted by atomic mass is 127. The van der Waals surface area contributed by atoms with Crippen molar-refractivity contribution in [2.75, 3.05) is 26.7 Å². The number of carbonyl (C=O) groups excluding carboxylic acids is 1. The number of carbonyl (C=O) groups is 1. The number of hydrogen-bond acceptors (Lipinski definition) is 2. The number of rotatable bonds is 4. The minimum absolute atomic E-state index is 0. The molecule has 1 amide bonds. The van der Waals surface area contributed by atoms with Crippen LogP contribution in [0.1, 0.15) is 35.7 Å². The molecule has 1 aromatic carbocycles. The summed E-state index contributed by atoms with van der Waals surface area (Å²) in [5, 5.41) is 5.98. The molecule has 0 radical (unpaired) electrons. The number of nitrogens with one attached hydrogen (secondary N) is 2. The first-order chi connectivity index (χ1) is 10.2.